The number of nitrogens with zero attached hydrogens (tertiary/aromatic N) is 4. The molecule has 0 aliphatic rings. The number of aryl methyl sites for hydroxylation is 1. The van der Waals surface area contributed by atoms with E-state index >= 15 is 0 Å². The van der Waals surface area contributed by atoms with Crippen LogP contribution in [0.5, 0.6) is 5.88 Å². The molecule has 0 amide bonds. The minimum Gasteiger partial charge on any atom is -0.477 e. The number of aromatic nitrogens is 4. The molecule has 7 heteroatoms. The Bertz CT molecular complexity index is 883. The molecule has 3 heterocycles. The van der Waals surface area contributed by atoms with E-state index in [1.54, 1.807) is 24.4 Å². The summed E-state index contributed by atoms with van der Waals surface area (Å²) in [5, 5.41) is 4.69. The Morgan fingerprint density at radius 1 is 1.30 bits per heavy atom. The molecule has 0 saturated heterocycles. The van der Waals surface area contributed by atoms with Crippen molar-refractivity contribution in [3.8, 4) is 5.88 Å². The molecule has 0 bridgehead atoms. The van der Waals surface area contributed by atoms with Gasteiger partial charge in [-0.25, -0.2) is 4.98 Å². The van der Waals surface area contributed by atoms with Gasteiger partial charge in [0.2, 0.25) is 5.88 Å². The maximum Gasteiger partial charge on any atom is 0.274 e. The Labute approximate surface area is 138 Å². The van der Waals surface area contributed by atoms with Crippen LogP contribution in [0.3, 0.4) is 0 Å². The zero-order valence-electron chi connectivity index (χ0n) is 13.0. The zero-order valence-corrected chi connectivity index (χ0v) is 13.7. The molecule has 0 unspecified atom stereocenters. The summed E-state index contributed by atoms with van der Waals surface area (Å²) in [6, 6.07) is 7.01. The summed E-state index contributed by atoms with van der Waals surface area (Å²) in [7, 11) is 0. The van der Waals surface area contributed by atoms with Gasteiger partial charge in [0.25, 0.3) is 5.56 Å². The molecule has 0 atom stereocenters. The fraction of sp³-hybridized carbons (Fsp3) is 0.312. The fourth-order valence-corrected chi connectivity index (χ4v) is 2.48. The molecule has 3 aromatic rings. The van der Waals surface area contributed by atoms with Gasteiger partial charge >= 0.3 is 0 Å². The lowest BCUT2D eigenvalue weighted by atomic mass is 10.2. The molecule has 0 aromatic carbocycles. The number of fused-ring (bicyclic) bond motifs is 1. The highest BCUT2D eigenvalue weighted by molar-refractivity contribution is 6.29. The van der Waals surface area contributed by atoms with Crippen molar-refractivity contribution in [3.63, 3.8) is 0 Å². The molecule has 3 aromatic heterocycles. The van der Waals surface area contributed by atoms with E-state index in [2.05, 4.69) is 10.1 Å². The van der Waals surface area contributed by atoms with Crippen molar-refractivity contribution in [2.24, 2.45) is 0 Å². The number of halogens is 1. The number of hydrogen-bond donors (Lipinski definition) is 0. The molecule has 23 heavy (non-hydrogen) atoms. The van der Waals surface area contributed by atoms with Crippen molar-refractivity contribution in [3.05, 3.63) is 57.2 Å². The first-order chi connectivity index (χ1) is 11.1. The average molecular weight is 333 g/mol. The van der Waals surface area contributed by atoms with E-state index in [9.17, 15) is 4.79 Å². The van der Waals surface area contributed by atoms with Crippen LogP contribution in [-0.4, -0.2) is 25.8 Å². The van der Waals surface area contributed by atoms with Crippen LogP contribution in [0.15, 0.2) is 35.3 Å². The summed E-state index contributed by atoms with van der Waals surface area (Å²) in [4.78, 5) is 16.2. The first-order valence-corrected chi connectivity index (χ1v) is 7.79. The van der Waals surface area contributed by atoms with Gasteiger partial charge in [-0.15, -0.1) is 5.10 Å². The predicted molar refractivity (Wildman–Crippen MR) is 88.3 cm³/mol. The molecule has 3 rings (SSSR count). The number of pyridine rings is 1. The molecular formula is C16H17ClN4O2. The topological polar surface area (TPSA) is 61.4 Å². The van der Waals surface area contributed by atoms with Gasteiger partial charge in [-0.3, -0.25) is 4.79 Å². The molecular weight excluding hydrogens is 316 g/mol. The second-order valence-corrected chi connectivity index (χ2v) is 5.69. The molecule has 0 saturated carbocycles. The maximum absolute atomic E-state index is 12.1. The standard InChI is InChI=1S/C16H17ClN4O2/c1-3-6-23-14-8-15-20(10-12-4-5-13(17)18-9-12)11(2)7-16(22)21(15)19-14/h4-5,7-9H,3,6,10H2,1-2H3. The summed E-state index contributed by atoms with van der Waals surface area (Å²) < 4.78 is 8.90. The van der Waals surface area contributed by atoms with Crippen LogP contribution < -0.4 is 10.3 Å². The van der Waals surface area contributed by atoms with Crippen LogP contribution in [-0.2, 0) is 6.54 Å². The molecule has 0 radical (unpaired) electrons. The van der Waals surface area contributed by atoms with Crippen LogP contribution in [0.1, 0.15) is 24.6 Å². The third-order valence-corrected chi connectivity index (χ3v) is 3.72. The van der Waals surface area contributed by atoms with Gasteiger partial charge in [0.1, 0.15) is 10.8 Å². The van der Waals surface area contributed by atoms with Gasteiger partial charge in [0.05, 0.1) is 13.2 Å². The first-order valence-electron chi connectivity index (χ1n) is 7.42. The van der Waals surface area contributed by atoms with Crippen LogP contribution in [0.25, 0.3) is 5.65 Å². The molecule has 0 aliphatic carbocycles. The van der Waals surface area contributed by atoms with Crippen molar-refractivity contribution in [2.75, 3.05) is 6.61 Å². The minimum atomic E-state index is -0.172. The van der Waals surface area contributed by atoms with E-state index in [4.69, 9.17) is 16.3 Å². The van der Waals surface area contributed by atoms with Crippen molar-refractivity contribution >= 4 is 17.2 Å². The number of hydrogen-bond acceptors (Lipinski definition) is 4. The smallest absolute Gasteiger partial charge is 0.274 e. The maximum atomic E-state index is 12.1. The van der Waals surface area contributed by atoms with E-state index in [1.165, 1.54) is 4.52 Å². The van der Waals surface area contributed by atoms with Crippen molar-refractivity contribution in [2.45, 2.75) is 26.8 Å². The van der Waals surface area contributed by atoms with Crippen molar-refractivity contribution in [1.82, 2.24) is 19.2 Å². The van der Waals surface area contributed by atoms with Crippen LogP contribution in [0.2, 0.25) is 5.15 Å². The summed E-state index contributed by atoms with van der Waals surface area (Å²) in [6.07, 6.45) is 2.61. The second kappa shape index (κ2) is 6.42. The first kappa shape index (κ1) is 15.6. The monoisotopic (exact) mass is 332 g/mol. The van der Waals surface area contributed by atoms with E-state index in [1.807, 2.05) is 24.5 Å². The molecule has 0 aliphatic heterocycles. The Morgan fingerprint density at radius 3 is 2.83 bits per heavy atom. The minimum absolute atomic E-state index is 0.172. The van der Waals surface area contributed by atoms with E-state index in [0.717, 1.165) is 17.7 Å². The Morgan fingerprint density at radius 2 is 2.13 bits per heavy atom. The Kier molecular flexibility index (Phi) is 4.34. The molecule has 0 fully saturated rings. The van der Waals surface area contributed by atoms with Crippen LogP contribution in [0, 0.1) is 6.92 Å². The highest BCUT2D eigenvalue weighted by Gasteiger charge is 2.11. The largest absolute Gasteiger partial charge is 0.477 e. The third kappa shape index (κ3) is 3.22. The van der Waals surface area contributed by atoms with Crippen LogP contribution >= 0.6 is 11.6 Å². The van der Waals surface area contributed by atoms with Gasteiger partial charge in [-0.1, -0.05) is 24.6 Å². The fourth-order valence-electron chi connectivity index (χ4n) is 2.37. The van der Waals surface area contributed by atoms with Crippen molar-refractivity contribution in [1.29, 1.82) is 0 Å². The van der Waals surface area contributed by atoms with Gasteiger partial charge in [0.15, 0.2) is 0 Å². The Hall–Kier alpha value is -2.34. The van der Waals surface area contributed by atoms with E-state index in [-0.39, 0.29) is 5.56 Å². The predicted octanol–water partition coefficient (Wildman–Crippen LogP) is 2.69. The molecule has 0 spiro atoms. The lowest BCUT2D eigenvalue weighted by Gasteiger charge is -2.12. The Balaban J connectivity index is 2.05. The SMILES string of the molecule is CCCOc1cc2n(Cc3ccc(Cl)nc3)c(C)cc(=O)n2n1. The second-order valence-electron chi connectivity index (χ2n) is 5.30. The zero-order chi connectivity index (χ0) is 16.4. The third-order valence-electron chi connectivity index (χ3n) is 3.49. The lowest BCUT2D eigenvalue weighted by Crippen LogP contribution is -2.20. The van der Waals surface area contributed by atoms with Crippen molar-refractivity contribution < 1.29 is 4.74 Å². The normalized spacial score (nSPS) is 11.1. The van der Waals surface area contributed by atoms with E-state index in [0.29, 0.717) is 29.8 Å². The summed E-state index contributed by atoms with van der Waals surface area (Å²) >= 11 is 5.82. The van der Waals surface area contributed by atoms with Crippen LogP contribution in [0.4, 0.5) is 0 Å². The number of ether oxygens (including phenoxy) is 1. The lowest BCUT2D eigenvalue weighted by molar-refractivity contribution is 0.303. The molecule has 0 N–H and O–H groups in total. The van der Waals surface area contributed by atoms with Gasteiger partial charge in [0, 0.05) is 24.0 Å². The average Bonchev–Trinajstić information content (AvgIpc) is 2.96. The van der Waals surface area contributed by atoms with E-state index < -0.39 is 0 Å². The van der Waals surface area contributed by atoms with Gasteiger partial charge in [-0.05, 0) is 25.0 Å². The number of rotatable bonds is 5. The quantitative estimate of drug-likeness (QED) is 0.674. The highest BCUT2D eigenvalue weighted by atomic mass is 35.5. The van der Waals surface area contributed by atoms with Gasteiger partial charge < -0.3 is 9.30 Å². The summed E-state index contributed by atoms with van der Waals surface area (Å²) in [5.74, 6) is 0.456. The molecule has 6 nitrogen and oxygen atoms in total. The highest BCUT2D eigenvalue weighted by Crippen LogP contribution is 2.16. The molecule has 120 valence electrons. The summed E-state index contributed by atoms with van der Waals surface area (Å²) in [5.41, 5.74) is 2.35. The van der Waals surface area contributed by atoms with Gasteiger partial charge in [-0.2, -0.15) is 4.52 Å². The summed E-state index contributed by atoms with van der Waals surface area (Å²) in [6.45, 7) is 5.05.